The van der Waals surface area contributed by atoms with Gasteiger partial charge >= 0.3 is 0 Å². The van der Waals surface area contributed by atoms with Crippen molar-refractivity contribution in [2.75, 3.05) is 11.9 Å². The monoisotopic (exact) mass is 422 g/mol. The van der Waals surface area contributed by atoms with Gasteiger partial charge in [0.05, 0.1) is 28.4 Å². The molecular formula is C22H22N4O3S. The van der Waals surface area contributed by atoms with Crippen LogP contribution in [-0.4, -0.2) is 29.3 Å². The number of thiazole rings is 1. The van der Waals surface area contributed by atoms with Crippen LogP contribution in [0, 0.1) is 0 Å². The highest BCUT2D eigenvalue weighted by Gasteiger charge is 2.14. The normalized spacial score (nSPS) is 10.4. The molecule has 0 atom stereocenters. The summed E-state index contributed by atoms with van der Waals surface area (Å²) in [5.41, 5.74) is 7.65. The largest absolute Gasteiger partial charge is 0.370 e. The molecule has 3 aromatic rings. The summed E-state index contributed by atoms with van der Waals surface area (Å²) in [6.45, 7) is 0.138. The number of carbonyl (C=O) groups excluding carboxylic acids is 3. The number of hydrogen-bond acceptors (Lipinski definition) is 5. The zero-order valence-corrected chi connectivity index (χ0v) is 17.1. The first kappa shape index (κ1) is 21.2. The third-order valence-electron chi connectivity index (χ3n) is 4.24. The molecule has 2 aromatic carbocycles. The second kappa shape index (κ2) is 10.3. The van der Waals surface area contributed by atoms with Gasteiger partial charge in [-0.3, -0.25) is 14.4 Å². The van der Waals surface area contributed by atoms with Crippen molar-refractivity contribution >= 4 is 34.7 Å². The van der Waals surface area contributed by atoms with Gasteiger partial charge < -0.3 is 16.4 Å². The van der Waals surface area contributed by atoms with Gasteiger partial charge in [-0.2, -0.15) is 0 Å². The first-order valence-corrected chi connectivity index (χ1v) is 10.3. The maximum absolute atomic E-state index is 12.5. The topological polar surface area (TPSA) is 114 Å². The van der Waals surface area contributed by atoms with Crippen LogP contribution < -0.4 is 16.4 Å². The SMILES string of the molecule is NC(=O)CCNC(=O)c1ccccc1NC(=O)Cc1csc(Cc2ccccc2)n1. The Bertz CT molecular complexity index is 1030. The number of nitrogens with zero attached hydrogens (tertiary/aromatic N) is 1. The van der Waals surface area contributed by atoms with Crippen LogP contribution in [0.2, 0.25) is 0 Å². The molecule has 0 aliphatic heterocycles. The van der Waals surface area contributed by atoms with Gasteiger partial charge in [-0.1, -0.05) is 42.5 Å². The van der Waals surface area contributed by atoms with Crippen molar-refractivity contribution in [3.8, 4) is 0 Å². The van der Waals surface area contributed by atoms with E-state index in [9.17, 15) is 14.4 Å². The molecule has 30 heavy (non-hydrogen) atoms. The van der Waals surface area contributed by atoms with E-state index >= 15 is 0 Å². The summed E-state index contributed by atoms with van der Waals surface area (Å²) in [7, 11) is 0. The Kier molecular flexibility index (Phi) is 7.29. The summed E-state index contributed by atoms with van der Waals surface area (Å²) in [6.07, 6.45) is 0.889. The van der Waals surface area contributed by atoms with Crippen molar-refractivity contribution in [3.63, 3.8) is 0 Å². The molecule has 3 amide bonds. The molecule has 0 aliphatic rings. The molecule has 0 saturated carbocycles. The fraction of sp³-hybridized carbons (Fsp3) is 0.182. The highest BCUT2D eigenvalue weighted by molar-refractivity contribution is 7.09. The number of carbonyl (C=O) groups is 3. The average Bonchev–Trinajstić information content (AvgIpc) is 3.15. The van der Waals surface area contributed by atoms with Gasteiger partial charge in [0.15, 0.2) is 0 Å². The summed E-state index contributed by atoms with van der Waals surface area (Å²) < 4.78 is 0. The van der Waals surface area contributed by atoms with Crippen molar-refractivity contribution < 1.29 is 14.4 Å². The molecule has 154 valence electrons. The number of nitrogens with one attached hydrogen (secondary N) is 2. The lowest BCUT2D eigenvalue weighted by atomic mass is 10.1. The van der Waals surface area contributed by atoms with Crippen molar-refractivity contribution in [2.45, 2.75) is 19.3 Å². The van der Waals surface area contributed by atoms with Crippen molar-refractivity contribution in [1.82, 2.24) is 10.3 Å². The second-order valence-electron chi connectivity index (χ2n) is 6.64. The van der Waals surface area contributed by atoms with Crippen LogP contribution in [-0.2, 0) is 22.4 Å². The minimum atomic E-state index is -0.494. The minimum Gasteiger partial charge on any atom is -0.370 e. The highest BCUT2D eigenvalue weighted by atomic mass is 32.1. The standard InChI is InChI=1S/C22H22N4O3S/c23-19(27)10-11-24-22(29)17-8-4-5-9-18(17)26-20(28)13-16-14-30-21(25-16)12-15-6-2-1-3-7-15/h1-9,14H,10-13H2,(H2,23,27)(H,24,29)(H,26,28). The quantitative estimate of drug-likeness (QED) is 0.491. The molecule has 0 saturated heterocycles. The molecule has 0 spiro atoms. The van der Waals surface area contributed by atoms with E-state index in [0.29, 0.717) is 16.9 Å². The van der Waals surface area contributed by atoms with Crippen molar-refractivity contribution in [2.24, 2.45) is 5.73 Å². The van der Waals surface area contributed by atoms with Crippen LogP contribution in [0.25, 0.3) is 0 Å². The van der Waals surface area contributed by atoms with E-state index in [4.69, 9.17) is 5.73 Å². The number of anilines is 1. The van der Waals surface area contributed by atoms with Crippen LogP contribution in [0.15, 0.2) is 60.0 Å². The smallest absolute Gasteiger partial charge is 0.253 e. The van der Waals surface area contributed by atoms with E-state index in [-0.39, 0.29) is 31.2 Å². The molecule has 0 bridgehead atoms. The van der Waals surface area contributed by atoms with Crippen LogP contribution in [0.4, 0.5) is 5.69 Å². The highest BCUT2D eigenvalue weighted by Crippen LogP contribution is 2.18. The molecule has 7 nitrogen and oxygen atoms in total. The predicted octanol–water partition coefficient (Wildman–Crippen LogP) is 2.52. The molecule has 0 radical (unpaired) electrons. The van der Waals surface area contributed by atoms with E-state index in [1.807, 2.05) is 35.7 Å². The number of aromatic nitrogens is 1. The molecule has 3 rings (SSSR count). The Balaban J connectivity index is 1.59. The number of benzene rings is 2. The van der Waals surface area contributed by atoms with Gasteiger partial charge in [-0.25, -0.2) is 4.98 Å². The van der Waals surface area contributed by atoms with E-state index in [2.05, 4.69) is 15.6 Å². The molecule has 0 aliphatic carbocycles. The Morgan fingerprint density at radius 1 is 1.00 bits per heavy atom. The van der Waals surface area contributed by atoms with Gasteiger partial charge in [-0.05, 0) is 17.7 Å². The molecule has 1 heterocycles. The molecule has 1 aromatic heterocycles. The van der Waals surface area contributed by atoms with E-state index in [1.165, 1.54) is 16.9 Å². The number of rotatable bonds is 9. The number of hydrogen-bond donors (Lipinski definition) is 3. The summed E-state index contributed by atoms with van der Waals surface area (Å²) in [5, 5.41) is 8.21. The van der Waals surface area contributed by atoms with Crippen LogP contribution in [0.3, 0.4) is 0 Å². The molecular weight excluding hydrogens is 400 g/mol. The Morgan fingerprint density at radius 2 is 1.73 bits per heavy atom. The fourth-order valence-corrected chi connectivity index (χ4v) is 3.65. The Labute approximate surface area is 178 Å². The minimum absolute atomic E-state index is 0.0510. The molecule has 0 unspecified atom stereocenters. The van der Waals surface area contributed by atoms with Gasteiger partial charge in [0.2, 0.25) is 11.8 Å². The Morgan fingerprint density at radius 3 is 2.50 bits per heavy atom. The lowest BCUT2D eigenvalue weighted by Crippen LogP contribution is -2.29. The second-order valence-corrected chi connectivity index (χ2v) is 7.58. The Hall–Kier alpha value is -3.52. The van der Waals surface area contributed by atoms with Crippen LogP contribution >= 0.6 is 11.3 Å². The summed E-state index contributed by atoms with van der Waals surface area (Å²) in [5.74, 6) is -1.14. The summed E-state index contributed by atoms with van der Waals surface area (Å²) >= 11 is 1.52. The zero-order chi connectivity index (χ0) is 21.3. The fourth-order valence-electron chi connectivity index (χ4n) is 2.83. The van der Waals surface area contributed by atoms with Crippen molar-refractivity contribution in [1.29, 1.82) is 0 Å². The average molecular weight is 423 g/mol. The molecule has 0 fully saturated rings. The summed E-state index contributed by atoms with van der Waals surface area (Å²) in [4.78, 5) is 40.2. The van der Waals surface area contributed by atoms with Crippen LogP contribution in [0.1, 0.15) is 33.0 Å². The lowest BCUT2D eigenvalue weighted by molar-refractivity contribution is -0.118. The first-order chi connectivity index (χ1) is 14.5. The van der Waals surface area contributed by atoms with Gasteiger partial charge in [0.25, 0.3) is 5.91 Å². The molecule has 4 N–H and O–H groups in total. The maximum atomic E-state index is 12.5. The van der Waals surface area contributed by atoms with Gasteiger partial charge in [0, 0.05) is 24.8 Å². The third-order valence-corrected chi connectivity index (χ3v) is 5.14. The van der Waals surface area contributed by atoms with Crippen molar-refractivity contribution in [3.05, 3.63) is 81.8 Å². The van der Waals surface area contributed by atoms with Gasteiger partial charge in [0.1, 0.15) is 0 Å². The zero-order valence-electron chi connectivity index (χ0n) is 16.3. The predicted molar refractivity (Wildman–Crippen MR) is 116 cm³/mol. The van der Waals surface area contributed by atoms with Gasteiger partial charge in [-0.15, -0.1) is 11.3 Å². The maximum Gasteiger partial charge on any atom is 0.253 e. The molecule has 8 heteroatoms. The third kappa shape index (κ3) is 6.25. The van der Waals surface area contributed by atoms with E-state index < -0.39 is 5.91 Å². The van der Waals surface area contributed by atoms with Crippen LogP contribution in [0.5, 0.6) is 0 Å². The first-order valence-electron chi connectivity index (χ1n) is 9.44. The number of nitrogens with two attached hydrogens (primary N) is 1. The number of primary amides is 1. The lowest BCUT2D eigenvalue weighted by Gasteiger charge is -2.11. The summed E-state index contributed by atoms with van der Waals surface area (Å²) in [6, 6.07) is 16.7. The number of amides is 3. The number of para-hydroxylation sites is 1. The van der Waals surface area contributed by atoms with E-state index in [1.54, 1.807) is 24.3 Å². The van der Waals surface area contributed by atoms with E-state index in [0.717, 1.165) is 11.4 Å².